The minimum atomic E-state index is 0.519. The van der Waals surface area contributed by atoms with E-state index in [4.69, 9.17) is 27.9 Å². The van der Waals surface area contributed by atoms with Gasteiger partial charge in [0.1, 0.15) is 16.6 Å². The van der Waals surface area contributed by atoms with Gasteiger partial charge in [0.25, 0.3) is 0 Å². The lowest BCUT2D eigenvalue weighted by atomic mass is 10.2. The highest BCUT2D eigenvalue weighted by Gasteiger charge is 2.07. The Hall–Kier alpha value is -1.49. The molecule has 23 heavy (non-hydrogen) atoms. The quantitative estimate of drug-likeness (QED) is 0.344. The number of ether oxygens (including phenoxy) is 1. The van der Waals surface area contributed by atoms with Gasteiger partial charge in [0.15, 0.2) is 0 Å². The molecule has 0 bridgehead atoms. The summed E-state index contributed by atoms with van der Waals surface area (Å²) in [5.41, 5.74) is 0.962. The van der Waals surface area contributed by atoms with E-state index in [1.807, 2.05) is 31.2 Å². The SMILES string of the molecule is Cc1nc(SCCOc2ccc(Cl)cc2Cl)c2ccccc2n1. The van der Waals surface area contributed by atoms with Gasteiger partial charge in [0.2, 0.25) is 0 Å². The van der Waals surface area contributed by atoms with Crippen molar-refractivity contribution in [3.63, 3.8) is 0 Å². The maximum Gasteiger partial charge on any atom is 0.138 e. The Morgan fingerprint density at radius 3 is 2.74 bits per heavy atom. The smallest absolute Gasteiger partial charge is 0.138 e. The molecule has 1 aromatic heterocycles. The second-order valence-corrected chi connectivity index (χ2v) is 6.79. The predicted octanol–water partition coefficient (Wildman–Crippen LogP) is 5.42. The first-order valence-electron chi connectivity index (χ1n) is 7.07. The molecule has 0 fully saturated rings. The van der Waals surface area contributed by atoms with E-state index in [-0.39, 0.29) is 0 Å². The molecule has 0 aliphatic rings. The summed E-state index contributed by atoms with van der Waals surface area (Å²) in [6.07, 6.45) is 0. The lowest BCUT2D eigenvalue weighted by molar-refractivity contribution is 0.344. The monoisotopic (exact) mass is 364 g/mol. The first-order chi connectivity index (χ1) is 11.1. The van der Waals surface area contributed by atoms with Gasteiger partial charge in [0.05, 0.1) is 17.1 Å². The Bertz CT molecular complexity index is 842. The number of aromatic nitrogens is 2. The first-order valence-corrected chi connectivity index (χ1v) is 8.81. The second kappa shape index (κ2) is 7.39. The molecular weight excluding hydrogens is 351 g/mol. The van der Waals surface area contributed by atoms with Crippen molar-refractivity contribution in [3.05, 3.63) is 58.3 Å². The van der Waals surface area contributed by atoms with Crippen molar-refractivity contribution >= 4 is 45.9 Å². The molecule has 0 saturated carbocycles. The number of nitrogens with zero attached hydrogens (tertiary/aromatic N) is 2. The van der Waals surface area contributed by atoms with Crippen molar-refractivity contribution in [1.82, 2.24) is 9.97 Å². The normalized spacial score (nSPS) is 10.9. The number of halogens is 2. The summed E-state index contributed by atoms with van der Waals surface area (Å²) in [5, 5.41) is 3.15. The van der Waals surface area contributed by atoms with E-state index in [2.05, 4.69) is 9.97 Å². The summed E-state index contributed by atoms with van der Waals surface area (Å²) in [4.78, 5) is 8.97. The standard InChI is InChI=1S/C17H14Cl2N2OS/c1-11-20-15-5-3-2-4-13(15)17(21-11)23-9-8-22-16-7-6-12(18)10-14(16)19/h2-7,10H,8-9H2,1H3. The third-order valence-corrected chi connectivity index (χ3v) is 4.64. The van der Waals surface area contributed by atoms with Crippen LogP contribution in [0.1, 0.15) is 5.82 Å². The van der Waals surface area contributed by atoms with Crippen LogP contribution in [0.4, 0.5) is 0 Å². The molecule has 0 N–H and O–H groups in total. The van der Waals surface area contributed by atoms with Gasteiger partial charge in [-0.2, -0.15) is 0 Å². The maximum atomic E-state index is 6.09. The fourth-order valence-electron chi connectivity index (χ4n) is 2.15. The van der Waals surface area contributed by atoms with Crippen molar-refractivity contribution in [3.8, 4) is 5.75 Å². The summed E-state index contributed by atoms with van der Waals surface area (Å²) in [6.45, 7) is 2.43. The largest absolute Gasteiger partial charge is 0.491 e. The third kappa shape index (κ3) is 4.08. The zero-order valence-electron chi connectivity index (χ0n) is 12.4. The molecule has 3 rings (SSSR count). The van der Waals surface area contributed by atoms with Crippen LogP contribution in [0.15, 0.2) is 47.5 Å². The van der Waals surface area contributed by atoms with E-state index in [9.17, 15) is 0 Å². The molecule has 2 aromatic carbocycles. The number of thioether (sulfide) groups is 1. The van der Waals surface area contributed by atoms with Gasteiger partial charge in [-0.3, -0.25) is 0 Å². The Labute approximate surface area is 149 Å². The Morgan fingerprint density at radius 1 is 1.09 bits per heavy atom. The number of hydrogen-bond donors (Lipinski definition) is 0. The topological polar surface area (TPSA) is 35.0 Å². The van der Waals surface area contributed by atoms with Crippen molar-refractivity contribution in [2.75, 3.05) is 12.4 Å². The lowest BCUT2D eigenvalue weighted by Gasteiger charge is -2.09. The predicted molar refractivity (Wildman–Crippen MR) is 97.0 cm³/mol. The molecule has 0 unspecified atom stereocenters. The van der Waals surface area contributed by atoms with Crippen LogP contribution in [0.5, 0.6) is 5.75 Å². The Balaban J connectivity index is 1.65. The van der Waals surface area contributed by atoms with Crippen LogP contribution in [0.25, 0.3) is 10.9 Å². The zero-order chi connectivity index (χ0) is 16.2. The van der Waals surface area contributed by atoms with E-state index in [0.29, 0.717) is 22.4 Å². The fraction of sp³-hybridized carbons (Fsp3) is 0.176. The number of benzene rings is 2. The van der Waals surface area contributed by atoms with E-state index in [0.717, 1.165) is 27.5 Å². The van der Waals surface area contributed by atoms with Crippen molar-refractivity contribution < 1.29 is 4.74 Å². The maximum absolute atomic E-state index is 6.09. The van der Waals surface area contributed by atoms with E-state index in [1.54, 1.807) is 30.0 Å². The second-order valence-electron chi connectivity index (χ2n) is 4.86. The molecule has 3 aromatic rings. The van der Waals surface area contributed by atoms with Crippen molar-refractivity contribution in [2.45, 2.75) is 11.9 Å². The molecule has 6 heteroatoms. The van der Waals surface area contributed by atoms with Gasteiger partial charge in [-0.15, -0.1) is 11.8 Å². The summed E-state index contributed by atoms with van der Waals surface area (Å²) in [6, 6.07) is 13.2. The third-order valence-electron chi connectivity index (χ3n) is 3.15. The van der Waals surface area contributed by atoms with Crippen molar-refractivity contribution in [2.24, 2.45) is 0 Å². The number of aryl methyl sites for hydroxylation is 1. The Kier molecular flexibility index (Phi) is 5.26. The molecule has 1 heterocycles. The van der Waals surface area contributed by atoms with Gasteiger partial charge in [-0.25, -0.2) is 9.97 Å². The number of hydrogen-bond acceptors (Lipinski definition) is 4. The average molecular weight is 365 g/mol. The van der Waals surface area contributed by atoms with E-state index < -0.39 is 0 Å². The summed E-state index contributed by atoms with van der Waals surface area (Å²) in [5.74, 6) is 2.17. The van der Waals surface area contributed by atoms with Gasteiger partial charge < -0.3 is 4.74 Å². The highest BCUT2D eigenvalue weighted by molar-refractivity contribution is 7.99. The van der Waals surface area contributed by atoms with Crippen LogP contribution in [0.2, 0.25) is 10.0 Å². The summed E-state index contributed by atoms with van der Waals surface area (Å²) >= 11 is 13.6. The molecule has 118 valence electrons. The van der Waals surface area contributed by atoms with Gasteiger partial charge in [-0.05, 0) is 31.2 Å². The van der Waals surface area contributed by atoms with Crippen molar-refractivity contribution in [1.29, 1.82) is 0 Å². The minimum absolute atomic E-state index is 0.519. The molecule has 0 aliphatic carbocycles. The highest BCUT2D eigenvalue weighted by Crippen LogP contribution is 2.28. The average Bonchev–Trinajstić information content (AvgIpc) is 2.53. The van der Waals surface area contributed by atoms with Crippen LogP contribution in [0, 0.1) is 6.92 Å². The fourth-order valence-corrected chi connectivity index (χ4v) is 3.50. The van der Waals surface area contributed by atoms with E-state index >= 15 is 0 Å². The van der Waals surface area contributed by atoms with Crippen LogP contribution in [0.3, 0.4) is 0 Å². The zero-order valence-corrected chi connectivity index (χ0v) is 14.8. The van der Waals surface area contributed by atoms with Crippen LogP contribution in [-0.2, 0) is 0 Å². The van der Waals surface area contributed by atoms with Gasteiger partial charge in [0, 0.05) is 16.2 Å². The van der Waals surface area contributed by atoms with Crippen LogP contribution in [-0.4, -0.2) is 22.3 Å². The number of para-hydroxylation sites is 1. The molecule has 0 spiro atoms. The minimum Gasteiger partial charge on any atom is -0.491 e. The molecule has 3 nitrogen and oxygen atoms in total. The summed E-state index contributed by atoms with van der Waals surface area (Å²) in [7, 11) is 0. The first kappa shape index (κ1) is 16.4. The molecule has 0 aliphatic heterocycles. The Morgan fingerprint density at radius 2 is 1.91 bits per heavy atom. The van der Waals surface area contributed by atoms with Crippen LogP contribution < -0.4 is 4.74 Å². The number of fused-ring (bicyclic) bond motifs is 1. The van der Waals surface area contributed by atoms with Gasteiger partial charge >= 0.3 is 0 Å². The summed E-state index contributed by atoms with van der Waals surface area (Å²) < 4.78 is 5.70. The molecule has 0 radical (unpaired) electrons. The highest BCUT2D eigenvalue weighted by atomic mass is 35.5. The molecular formula is C17H14Cl2N2OS. The van der Waals surface area contributed by atoms with Crippen LogP contribution >= 0.6 is 35.0 Å². The van der Waals surface area contributed by atoms with Gasteiger partial charge in [-0.1, -0.05) is 41.4 Å². The number of rotatable bonds is 5. The lowest BCUT2D eigenvalue weighted by Crippen LogP contribution is -2.01. The molecule has 0 saturated heterocycles. The van der Waals surface area contributed by atoms with E-state index in [1.165, 1.54) is 0 Å². The molecule has 0 atom stereocenters. The molecule has 0 amide bonds.